The van der Waals surface area contributed by atoms with Gasteiger partial charge in [0.05, 0.1) is 6.61 Å². The number of aromatic nitrogens is 3. The van der Waals surface area contributed by atoms with Crippen LogP contribution in [-0.4, -0.2) is 22.0 Å². The van der Waals surface area contributed by atoms with Crippen LogP contribution in [0.4, 0.5) is 0 Å². The van der Waals surface area contributed by atoms with Crippen LogP contribution in [0.2, 0.25) is 0 Å². The highest BCUT2D eigenvalue weighted by Crippen LogP contribution is 2.29. The molecule has 0 aromatic heterocycles. The summed E-state index contributed by atoms with van der Waals surface area (Å²) in [7, 11) is 4.47. The molecule has 2 aliphatic heterocycles. The minimum atomic E-state index is -0.339. The molecule has 2 rings (SSSR count). The highest BCUT2D eigenvalue weighted by atomic mass is 32.9. The normalized spacial score (nSPS) is 10.7. The summed E-state index contributed by atoms with van der Waals surface area (Å²) in [6.07, 6.45) is 0. The van der Waals surface area contributed by atoms with Gasteiger partial charge in [-0.15, -0.1) is 0 Å². The maximum atomic E-state index is 11.5. The average molecular weight is 230 g/mol. The van der Waals surface area contributed by atoms with Crippen LogP contribution in [0.5, 0.6) is 0 Å². The zero-order chi connectivity index (χ0) is 10.1. The lowest BCUT2D eigenvalue weighted by atomic mass is 10.3. The molecule has 0 spiro atoms. The van der Waals surface area contributed by atoms with Gasteiger partial charge >= 0.3 is 11.7 Å². The first kappa shape index (κ1) is 9.47. The number of carbonyl (C=O) groups excluding carboxylic acids is 1. The predicted octanol–water partition coefficient (Wildman–Crippen LogP) is 0.706. The molecule has 5 nitrogen and oxygen atoms in total. The smallest absolute Gasteiger partial charge is 0.407 e. The Morgan fingerprint density at radius 1 is 1.64 bits per heavy atom. The topological polar surface area (TPSA) is 56.0 Å². The second kappa shape index (κ2) is 3.58. The van der Waals surface area contributed by atoms with Crippen molar-refractivity contribution in [3.63, 3.8) is 0 Å². The van der Waals surface area contributed by atoms with Gasteiger partial charge in [0.15, 0.2) is 11.9 Å². The van der Waals surface area contributed by atoms with Gasteiger partial charge in [0, 0.05) is 15.6 Å². The van der Waals surface area contributed by atoms with Crippen LogP contribution in [0.3, 0.4) is 0 Å². The van der Waals surface area contributed by atoms with Crippen molar-refractivity contribution in [1.29, 1.82) is 0 Å². The standard InChI is InChI=1S/C7H8N3O2S2/c1-3-12-7(11)4-5-6(8-10(4)2)9-14-13-5/h3H2,1-2H3/q+1. The Balaban J connectivity index is 2.45. The number of ether oxygens (including phenoxy) is 1. The molecule has 0 saturated carbocycles. The fraction of sp³-hybridized carbons (Fsp3) is 0.429. The van der Waals surface area contributed by atoms with Crippen molar-refractivity contribution in [1.82, 2.24) is 9.47 Å². The minimum Gasteiger partial charge on any atom is -0.458 e. The van der Waals surface area contributed by atoms with Gasteiger partial charge in [-0.3, -0.25) is 0 Å². The zero-order valence-corrected chi connectivity index (χ0v) is 9.31. The Labute approximate surface area is 87.8 Å². The van der Waals surface area contributed by atoms with E-state index in [1.807, 2.05) is 0 Å². The molecule has 0 N–H and O–H groups in total. The van der Waals surface area contributed by atoms with Crippen molar-refractivity contribution < 1.29 is 14.2 Å². The Morgan fingerprint density at radius 3 is 3.14 bits per heavy atom. The van der Waals surface area contributed by atoms with Crippen LogP contribution >= 0.6 is 20.9 Å². The molecule has 14 heavy (non-hydrogen) atoms. The molecule has 0 fully saturated rings. The second-order valence-electron chi connectivity index (χ2n) is 2.59. The summed E-state index contributed by atoms with van der Waals surface area (Å²) in [5, 5.41) is 4.10. The molecule has 0 aromatic carbocycles. The largest absolute Gasteiger partial charge is 0.458 e. The van der Waals surface area contributed by atoms with Crippen LogP contribution in [-0.2, 0) is 11.8 Å². The monoisotopic (exact) mass is 230 g/mol. The molecule has 74 valence electrons. The molecular formula is C7H8N3O2S2+. The first-order valence-electron chi connectivity index (χ1n) is 4.03. The van der Waals surface area contributed by atoms with Crippen LogP contribution < -0.4 is 4.68 Å². The minimum absolute atomic E-state index is 0.339. The number of esters is 1. The summed E-state index contributed by atoms with van der Waals surface area (Å²) >= 11 is 0. The molecule has 0 aromatic rings. The summed E-state index contributed by atoms with van der Waals surface area (Å²) in [6, 6.07) is 0. The molecule has 0 atom stereocenters. The van der Waals surface area contributed by atoms with E-state index in [-0.39, 0.29) is 5.97 Å². The van der Waals surface area contributed by atoms with Crippen molar-refractivity contribution in [2.24, 2.45) is 7.05 Å². The molecule has 7 heteroatoms. The molecule has 2 aliphatic rings. The fourth-order valence-electron chi connectivity index (χ4n) is 1.14. The van der Waals surface area contributed by atoms with Crippen LogP contribution in [0.25, 0.3) is 10.7 Å². The van der Waals surface area contributed by atoms with Crippen molar-refractivity contribution in [3.05, 3.63) is 5.69 Å². The molecular weight excluding hydrogens is 222 g/mol. The number of hydrogen-bond donors (Lipinski definition) is 0. The van der Waals surface area contributed by atoms with Crippen LogP contribution in [0.1, 0.15) is 17.4 Å². The third-order valence-corrected chi connectivity index (χ3v) is 3.51. The van der Waals surface area contributed by atoms with Gasteiger partial charge in [0.1, 0.15) is 0 Å². The molecule has 2 heterocycles. The summed E-state index contributed by atoms with van der Waals surface area (Å²) in [5.41, 5.74) is 0.487. The predicted molar refractivity (Wildman–Crippen MR) is 51.5 cm³/mol. The maximum absolute atomic E-state index is 11.5. The van der Waals surface area contributed by atoms with Crippen molar-refractivity contribution in [2.45, 2.75) is 6.92 Å². The van der Waals surface area contributed by atoms with E-state index in [2.05, 4.69) is 9.47 Å². The third-order valence-electron chi connectivity index (χ3n) is 1.70. The van der Waals surface area contributed by atoms with Gasteiger partial charge in [-0.2, -0.15) is 4.37 Å². The molecule has 0 aliphatic carbocycles. The van der Waals surface area contributed by atoms with E-state index in [0.29, 0.717) is 18.1 Å². The van der Waals surface area contributed by atoms with Gasteiger partial charge in [0.2, 0.25) is 0 Å². The van der Waals surface area contributed by atoms with E-state index in [4.69, 9.17) is 4.74 Å². The van der Waals surface area contributed by atoms with Gasteiger partial charge < -0.3 is 4.74 Å². The first-order chi connectivity index (χ1) is 6.74. The number of hydrogen-bond acceptors (Lipinski definition) is 6. The highest BCUT2D eigenvalue weighted by molar-refractivity contribution is 7.68. The Hall–Kier alpha value is -1.08. The van der Waals surface area contributed by atoms with E-state index in [1.165, 1.54) is 25.6 Å². The number of carbonyl (C=O) groups is 1. The maximum Gasteiger partial charge on any atom is 0.407 e. The van der Waals surface area contributed by atoms with E-state index in [1.54, 1.807) is 14.0 Å². The van der Waals surface area contributed by atoms with Crippen LogP contribution in [0, 0.1) is 0 Å². The lowest BCUT2D eigenvalue weighted by molar-refractivity contribution is -0.727. The second-order valence-corrected chi connectivity index (χ2v) is 4.45. The first-order valence-corrected chi connectivity index (χ1v) is 6.13. The van der Waals surface area contributed by atoms with E-state index in [9.17, 15) is 4.79 Å². The van der Waals surface area contributed by atoms with Crippen LogP contribution in [0.15, 0.2) is 0 Å². The Morgan fingerprint density at radius 2 is 2.43 bits per heavy atom. The molecule has 0 saturated heterocycles. The SMILES string of the molecule is CCOC(=O)c1c2ssnc-2n[n+]1C. The lowest BCUT2D eigenvalue weighted by Crippen LogP contribution is -2.37. The van der Waals surface area contributed by atoms with E-state index in [0.717, 1.165) is 4.88 Å². The summed E-state index contributed by atoms with van der Waals surface area (Å²) < 4.78 is 10.5. The van der Waals surface area contributed by atoms with Gasteiger partial charge in [-0.25, -0.2) is 4.79 Å². The zero-order valence-electron chi connectivity index (χ0n) is 7.68. The molecule has 0 radical (unpaired) electrons. The lowest BCUT2D eigenvalue weighted by Gasteiger charge is -1.94. The summed E-state index contributed by atoms with van der Waals surface area (Å²) in [4.78, 5) is 12.3. The molecule has 0 bridgehead atoms. The number of rotatable bonds is 2. The van der Waals surface area contributed by atoms with Gasteiger partial charge in [-0.05, 0) is 17.3 Å². The van der Waals surface area contributed by atoms with Gasteiger partial charge in [0.25, 0.3) is 5.82 Å². The third kappa shape index (κ3) is 1.38. The van der Waals surface area contributed by atoms with Crippen molar-refractivity contribution in [3.8, 4) is 10.7 Å². The van der Waals surface area contributed by atoms with Gasteiger partial charge in [-0.1, -0.05) is 4.68 Å². The molecule has 0 unspecified atom stereocenters. The summed E-state index contributed by atoms with van der Waals surface area (Å²) in [6.45, 7) is 2.15. The fourth-order valence-corrected chi connectivity index (χ4v) is 2.97. The molecule has 0 amide bonds. The van der Waals surface area contributed by atoms with Crippen molar-refractivity contribution in [2.75, 3.05) is 6.61 Å². The number of fused-ring (bicyclic) bond motifs is 1. The summed E-state index contributed by atoms with van der Waals surface area (Å²) in [5.74, 6) is 0.277. The van der Waals surface area contributed by atoms with Crippen molar-refractivity contribution >= 4 is 26.8 Å². The Kier molecular flexibility index (Phi) is 2.42. The average Bonchev–Trinajstić information content (AvgIpc) is 2.63. The number of aryl methyl sites for hydroxylation is 1. The Bertz CT molecular complexity index is 436. The van der Waals surface area contributed by atoms with E-state index < -0.39 is 0 Å². The quantitative estimate of drug-likeness (QED) is 0.433. The number of nitrogens with zero attached hydrogens (tertiary/aromatic N) is 3. The highest BCUT2D eigenvalue weighted by Gasteiger charge is 2.34. The van der Waals surface area contributed by atoms with E-state index >= 15 is 0 Å².